The smallest absolute Gasteiger partial charge is 0.118 e. The van der Waals surface area contributed by atoms with Gasteiger partial charge in [0.25, 0.3) is 0 Å². The van der Waals surface area contributed by atoms with Crippen molar-refractivity contribution < 1.29 is 4.74 Å². The van der Waals surface area contributed by atoms with Crippen LogP contribution in [0, 0.1) is 0 Å². The third-order valence-corrected chi connectivity index (χ3v) is 4.89. The van der Waals surface area contributed by atoms with Crippen LogP contribution >= 0.6 is 0 Å². The minimum absolute atomic E-state index is 0.0522. The van der Waals surface area contributed by atoms with Crippen LogP contribution < -0.4 is 10.5 Å². The van der Waals surface area contributed by atoms with E-state index < -0.39 is 0 Å². The Balaban J connectivity index is 2.71. The number of methoxy groups -OCH3 is 1. The minimum Gasteiger partial charge on any atom is -0.497 e. The van der Waals surface area contributed by atoms with Gasteiger partial charge in [0.05, 0.1) is 7.11 Å². The topological polar surface area (TPSA) is 38.5 Å². The lowest BCUT2D eigenvalue weighted by Gasteiger charge is -2.43. The van der Waals surface area contributed by atoms with Crippen LogP contribution in [0.15, 0.2) is 24.3 Å². The first-order valence-corrected chi connectivity index (χ1v) is 8.06. The van der Waals surface area contributed by atoms with Crippen molar-refractivity contribution >= 4 is 0 Å². The summed E-state index contributed by atoms with van der Waals surface area (Å²) in [5.41, 5.74) is 7.50. The van der Waals surface area contributed by atoms with Crippen molar-refractivity contribution in [2.24, 2.45) is 5.73 Å². The van der Waals surface area contributed by atoms with E-state index in [1.807, 2.05) is 12.1 Å². The van der Waals surface area contributed by atoms with Crippen LogP contribution in [0.4, 0.5) is 0 Å². The highest BCUT2D eigenvalue weighted by atomic mass is 16.5. The molecule has 1 rings (SSSR count). The zero-order chi connectivity index (χ0) is 15.9. The molecule has 1 atom stereocenters. The molecule has 1 unspecified atom stereocenters. The molecule has 120 valence electrons. The molecule has 0 saturated heterocycles. The summed E-state index contributed by atoms with van der Waals surface area (Å²) in [5, 5.41) is 0. The molecule has 3 heteroatoms. The van der Waals surface area contributed by atoms with Crippen molar-refractivity contribution in [2.45, 2.75) is 58.0 Å². The van der Waals surface area contributed by atoms with E-state index in [4.69, 9.17) is 10.5 Å². The van der Waals surface area contributed by atoms with Crippen molar-refractivity contribution in [1.29, 1.82) is 0 Å². The van der Waals surface area contributed by atoms with Gasteiger partial charge < -0.3 is 10.5 Å². The summed E-state index contributed by atoms with van der Waals surface area (Å²) in [7, 11) is 3.92. The van der Waals surface area contributed by atoms with Crippen LogP contribution in [0.3, 0.4) is 0 Å². The molecule has 21 heavy (non-hydrogen) atoms. The Hall–Kier alpha value is -1.06. The summed E-state index contributed by atoms with van der Waals surface area (Å²) in [6.07, 6.45) is 4.46. The number of ether oxygens (including phenoxy) is 1. The number of nitrogens with zero attached hydrogens (tertiary/aromatic N) is 1. The second kappa shape index (κ2) is 8.40. The zero-order valence-electron chi connectivity index (χ0n) is 14.4. The molecule has 0 aromatic heterocycles. The average molecular weight is 292 g/mol. The van der Waals surface area contributed by atoms with E-state index in [1.54, 1.807) is 7.11 Å². The van der Waals surface area contributed by atoms with Crippen molar-refractivity contribution in [3.8, 4) is 5.75 Å². The molecular formula is C18H32N2O. The van der Waals surface area contributed by atoms with Gasteiger partial charge in [0.15, 0.2) is 0 Å². The Labute approximate surface area is 130 Å². The van der Waals surface area contributed by atoms with Gasteiger partial charge in [-0.3, -0.25) is 4.90 Å². The molecule has 0 radical (unpaired) electrons. The summed E-state index contributed by atoms with van der Waals surface area (Å²) >= 11 is 0. The van der Waals surface area contributed by atoms with Crippen molar-refractivity contribution in [1.82, 2.24) is 4.90 Å². The maximum absolute atomic E-state index is 6.10. The van der Waals surface area contributed by atoms with Gasteiger partial charge in [-0.05, 0) is 57.4 Å². The summed E-state index contributed by atoms with van der Waals surface area (Å²) in [4.78, 5) is 2.48. The van der Waals surface area contributed by atoms with E-state index in [-0.39, 0.29) is 5.54 Å². The molecule has 0 saturated carbocycles. The molecule has 0 amide bonds. The molecule has 3 nitrogen and oxygen atoms in total. The lowest BCUT2D eigenvalue weighted by atomic mass is 9.89. The first kappa shape index (κ1) is 18.0. The quantitative estimate of drug-likeness (QED) is 0.757. The second-order valence-electron chi connectivity index (χ2n) is 6.13. The summed E-state index contributed by atoms with van der Waals surface area (Å²) in [6.45, 7) is 7.49. The number of rotatable bonds is 9. The van der Waals surface area contributed by atoms with Crippen LogP contribution in [0.2, 0.25) is 0 Å². The fraction of sp³-hybridized carbons (Fsp3) is 0.667. The molecule has 0 heterocycles. The number of likely N-dealkylation sites (N-methyl/N-ethyl adjacent to an activating group) is 1. The molecule has 1 aromatic rings. The van der Waals surface area contributed by atoms with E-state index in [9.17, 15) is 0 Å². The predicted octanol–water partition coefficient (Wildman–Crippen LogP) is 3.47. The summed E-state index contributed by atoms with van der Waals surface area (Å²) in [5.74, 6) is 0.912. The third-order valence-electron chi connectivity index (χ3n) is 4.89. The lowest BCUT2D eigenvalue weighted by molar-refractivity contribution is 0.0794. The maximum atomic E-state index is 6.10. The fourth-order valence-electron chi connectivity index (χ4n) is 2.91. The number of nitrogens with two attached hydrogens (primary N) is 1. The van der Waals surface area contributed by atoms with Crippen LogP contribution in [0.1, 0.15) is 45.6 Å². The largest absolute Gasteiger partial charge is 0.497 e. The number of aryl methyl sites for hydroxylation is 1. The first-order chi connectivity index (χ1) is 10.0. The maximum Gasteiger partial charge on any atom is 0.118 e. The molecule has 0 spiro atoms. The number of hydrogen-bond donors (Lipinski definition) is 1. The van der Waals surface area contributed by atoms with Gasteiger partial charge in [0.2, 0.25) is 0 Å². The van der Waals surface area contributed by atoms with Crippen LogP contribution in [0.25, 0.3) is 0 Å². The van der Waals surface area contributed by atoms with Gasteiger partial charge in [-0.25, -0.2) is 0 Å². The average Bonchev–Trinajstić information content (AvgIpc) is 2.54. The lowest BCUT2D eigenvalue weighted by Crippen LogP contribution is -2.54. The van der Waals surface area contributed by atoms with Gasteiger partial charge in [-0.15, -0.1) is 0 Å². The Bertz CT molecular complexity index is 400. The highest BCUT2D eigenvalue weighted by molar-refractivity contribution is 5.27. The Morgan fingerprint density at radius 3 is 2.19 bits per heavy atom. The zero-order valence-corrected chi connectivity index (χ0v) is 14.4. The normalized spacial score (nSPS) is 14.5. The molecule has 0 aliphatic rings. The highest BCUT2D eigenvalue weighted by Gasteiger charge is 2.30. The van der Waals surface area contributed by atoms with Crippen LogP contribution in [-0.4, -0.2) is 37.2 Å². The van der Waals surface area contributed by atoms with E-state index in [2.05, 4.69) is 44.9 Å². The third kappa shape index (κ3) is 4.72. The van der Waals surface area contributed by atoms with Crippen molar-refractivity contribution in [2.75, 3.05) is 20.7 Å². The molecule has 0 bridgehead atoms. The van der Waals surface area contributed by atoms with E-state index in [0.717, 1.165) is 18.6 Å². The Kier molecular flexibility index (Phi) is 7.20. The summed E-state index contributed by atoms with van der Waals surface area (Å²) in [6, 6.07) is 8.95. The van der Waals surface area contributed by atoms with E-state index >= 15 is 0 Å². The number of benzene rings is 1. The van der Waals surface area contributed by atoms with Gasteiger partial charge in [-0.2, -0.15) is 0 Å². The standard InChI is InChI=1S/C18H32N2O/c1-6-16(7-2)20(4)18(3,14-19)13-12-15-8-10-17(21-5)11-9-15/h8-11,16H,6-7,12-14,19H2,1-5H3. The van der Waals surface area contributed by atoms with Gasteiger partial charge in [-0.1, -0.05) is 26.0 Å². The SMILES string of the molecule is CCC(CC)N(C)C(C)(CN)CCc1ccc(OC)cc1. The van der Waals surface area contributed by atoms with Crippen molar-refractivity contribution in [3.63, 3.8) is 0 Å². The molecule has 0 fully saturated rings. The Morgan fingerprint density at radius 2 is 1.76 bits per heavy atom. The van der Waals surface area contributed by atoms with Crippen LogP contribution in [-0.2, 0) is 6.42 Å². The molecular weight excluding hydrogens is 260 g/mol. The van der Waals surface area contributed by atoms with E-state index in [0.29, 0.717) is 12.6 Å². The molecule has 2 N–H and O–H groups in total. The van der Waals surface area contributed by atoms with Crippen LogP contribution in [0.5, 0.6) is 5.75 Å². The van der Waals surface area contributed by atoms with Gasteiger partial charge in [0, 0.05) is 18.1 Å². The first-order valence-electron chi connectivity index (χ1n) is 8.06. The molecule has 0 aliphatic carbocycles. The van der Waals surface area contributed by atoms with E-state index in [1.165, 1.54) is 18.4 Å². The van der Waals surface area contributed by atoms with Gasteiger partial charge >= 0.3 is 0 Å². The predicted molar refractivity (Wildman–Crippen MR) is 90.9 cm³/mol. The monoisotopic (exact) mass is 292 g/mol. The number of hydrogen-bond acceptors (Lipinski definition) is 3. The summed E-state index contributed by atoms with van der Waals surface area (Å²) < 4.78 is 5.21. The second-order valence-corrected chi connectivity index (χ2v) is 6.13. The molecule has 1 aromatic carbocycles. The highest BCUT2D eigenvalue weighted by Crippen LogP contribution is 2.25. The fourth-order valence-corrected chi connectivity index (χ4v) is 2.91. The Morgan fingerprint density at radius 1 is 1.19 bits per heavy atom. The van der Waals surface area contributed by atoms with Crippen molar-refractivity contribution in [3.05, 3.63) is 29.8 Å². The minimum atomic E-state index is 0.0522. The molecule has 0 aliphatic heterocycles. The van der Waals surface area contributed by atoms with Gasteiger partial charge in [0.1, 0.15) is 5.75 Å².